The third-order valence-corrected chi connectivity index (χ3v) is 2.62. The van der Waals surface area contributed by atoms with Crippen LogP contribution in [0.1, 0.15) is 5.56 Å². The van der Waals surface area contributed by atoms with E-state index >= 15 is 0 Å². The first-order valence-corrected chi connectivity index (χ1v) is 4.97. The van der Waals surface area contributed by atoms with Crippen molar-refractivity contribution in [2.24, 2.45) is 0 Å². The number of rotatable bonds is 1. The van der Waals surface area contributed by atoms with Crippen molar-refractivity contribution in [1.29, 1.82) is 5.26 Å². The van der Waals surface area contributed by atoms with Gasteiger partial charge in [-0.05, 0) is 30.4 Å². The minimum atomic E-state index is 0.548. The normalized spacial score (nSPS) is 9.87. The van der Waals surface area contributed by atoms with Crippen LogP contribution in [0.25, 0.3) is 5.69 Å². The van der Waals surface area contributed by atoms with Crippen molar-refractivity contribution in [3.63, 3.8) is 0 Å². The van der Waals surface area contributed by atoms with Crippen LogP contribution in [0.15, 0.2) is 30.6 Å². The molecule has 0 aliphatic heterocycles. The number of imidazole rings is 1. The van der Waals surface area contributed by atoms with Crippen LogP contribution in [0.4, 0.5) is 0 Å². The van der Waals surface area contributed by atoms with Gasteiger partial charge in [-0.2, -0.15) is 5.26 Å². The number of halogens is 1. The van der Waals surface area contributed by atoms with Gasteiger partial charge in [-0.3, -0.25) is 4.57 Å². The van der Waals surface area contributed by atoms with E-state index in [1.165, 1.54) is 0 Å². The minimum absolute atomic E-state index is 0.548. The van der Waals surface area contributed by atoms with Crippen LogP contribution in [0.3, 0.4) is 0 Å². The molecule has 0 atom stereocenters. The van der Waals surface area contributed by atoms with Crippen LogP contribution in [0.5, 0.6) is 0 Å². The number of benzene rings is 1. The molecule has 0 spiro atoms. The molecule has 1 N–H and O–H groups in total. The lowest BCUT2D eigenvalue weighted by molar-refractivity contribution is 1.03. The van der Waals surface area contributed by atoms with Gasteiger partial charge >= 0.3 is 0 Å². The van der Waals surface area contributed by atoms with E-state index in [-0.39, 0.29) is 0 Å². The van der Waals surface area contributed by atoms with Gasteiger partial charge in [0, 0.05) is 12.4 Å². The zero-order chi connectivity index (χ0) is 10.8. The molecule has 74 valence electrons. The SMILES string of the molecule is N#Cc1ccc(Cl)c(-n2cc[nH]c2=S)c1. The molecule has 15 heavy (non-hydrogen) atoms. The first kappa shape index (κ1) is 9.97. The number of nitrogens with zero attached hydrogens (tertiary/aromatic N) is 2. The van der Waals surface area contributed by atoms with Crippen LogP contribution in [0, 0.1) is 16.1 Å². The van der Waals surface area contributed by atoms with Gasteiger partial charge in [0.1, 0.15) is 0 Å². The van der Waals surface area contributed by atoms with Gasteiger partial charge in [0.25, 0.3) is 0 Å². The lowest BCUT2D eigenvalue weighted by Crippen LogP contribution is -1.94. The van der Waals surface area contributed by atoms with E-state index in [9.17, 15) is 0 Å². The summed E-state index contributed by atoms with van der Waals surface area (Å²) in [7, 11) is 0. The van der Waals surface area contributed by atoms with Crippen molar-refractivity contribution in [1.82, 2.24) is 9.55 Å². The number of aromatic nitrogens is 2. The van der Waals surface area contributed by atoms with Crippen LogP contribution in [0.2, 0.25) is 5.02 Å². The number of nitrogens with one attached hydrogen (secondary N) is 1. The van der Waals surface area contributed by atoms with E-state index in [0.29, 0.717) is 21.0 Å². The van der Waals surface area contributed by atoms with Crippen molar-refractivity contribution in [3.8, 4) is 11.8 Å². The zero-order valence-electron chi connectivity index (χ0n) is 7.57. The number of nitriles is 1. The summed E-state index contributed by atoms with van der Waals surface area (Å²) in [5.74, 6) is 0. The summed E-state index contributed by atoms with van der Waals surface area (Å²) in [6.07, 6.45) is 3.49. The third kappa shape index (κ3) is 1.80. The quantitative estimate of drug-likeness (QED) is 0.772. The Balaban J connectivity index is 2.68. The second-order valence-corrected chi connectivity index (χ2v) is 3.71. The Morgan fingerprint density at radius 3 is 2.87 bits per heavy atom. The standard InChI is InChI=1S/C10H6ClN3S/c11-8-2-1-7(6-12)5-9(8)14-4-3-13-10(14)15/h1-5H,(H,13,15). The molecule has 0 fully saturated rings. The maximum atomic E-state index is 8.78. The fraction of sp³-hybridized carbons (Fsp3) is 0. The summed E-state index contributed by atoms with van der Waals surface area (Å²) in [5.41, 5.74) is 1.26. The highest BCUT2D eigenvalue weighted by molar-refractivity contribution is 7.71. The molecule has 0 saturated heterocycles. The van der Waals surface area contributed by atoms with Gasteiger partial charge in [0.15, 0.2) is 4.77 Å². The Morgan fingerprint density at radius 1 is 1.47 bits per heavy atom. The van der Waals surface area contributed by atoms with Gasteiger partial charge < -0.3 is 4.98 Å². The van der Waals surface area contributed by atoms with Gasteiger partial charge in [-0.15, -0.1) is 0 Å². The van der Waals surface area contributed by atoms with Crippen LogP contribution >= 0.6 is 23.8 Å². The predicted octanol–water partition coefficient (Wildman–Crippen LogP) is 3.06. The smallest absolute Gasteiger partial charge is 0.181 e. The van der Waals surface area contributed by atoms with Crippen molar-refractivity contribution in [2.45, 2.75) is 0 Å². The lowest BCUT2D eigenvalue weighted by Gasteiger charge is -2.04. The molecule has 1 aromatic carbocycles. The largest absolute Gasteiger partial charge is 0.337 e. The molecule has 0 aliphatic carbocycles. The molecular weight excluding hydrogens is 230 g/mol. The molecule has 0 bridgehead atoms. The third-order valence-electron chi connectivity index (χ3n) is 1.98. The summed E-state index contributed by atoms with van der Waals surface area (Å²) in [6, 6.07) is 7.11. The molecule has 0 aliphatic rings. The van der Waals surface area contributed by atoms with E-state index in [1.807, 2.05) is 0 Å². The highest BCUT2D eigenvalue weighted by Gasteiger charge is 2.04. The summed E-state index contributed by atoms with van der Waals surface area (Å²) in [5, 5.41) is 9.34. The van der Waals surface area contributed by atoms with Gasteiger partial charge in [0.05, 0.1) is 22.3 Å². The van der Waals surface area contributed by atoms with E-state index < -0.39 is 0 Å². The Morgan fingerprint density at radius 2 is 2.27 bits per heavy atom. The molecule has 0 unspecified atom stereocenters. The summed E-state index contributed by atoms with van der Waals surface area (Å²) >= 11 is 11.1. The van der Waals surface area contributed by atoms with Gasteiger partial charge in [-0.1, -0.05) is 11.6 Å². The van der Waals surface area contributed by atoms with E-state index in [1.54, 1.807) is 35.2 Å². The molecule has 0 radical (unpaired) electrons. The first-order valence-electron chi connectivity index (χ1n) is 4.18. The zero-order valence-corrected chi connectivity index (χ0v) is 9.14. The monoisotopic (exact) mass is 235 g/mol. The predicted molar refractivity (Wildman–Crippen MR) is 60.7 cm³/mol. The average Bonchev–Trinajstić information content (AvgIpc) is 2.65. The van der Waals surface area contributed by atoms with Crippen molar-refractivity contribution >= 4 is 23.8 Å². The molecule has 1 aromatic heterocycles. The van der Waals surface area contributed by atoms with Crippen LogP contribution in [-0.4, -0.2) is 9.55 Å². The topological polar surface area (TPSA) is 44.5 Å². The summed E-state index contributed by atoms with van der Waals surface area (Å²) in [6.45, 7) is 0. The second kappa shape index (κ2) is 3.89. The maximum absolute atomic E-state index is 8.78. The minimum Gasteiger partial charge on any atom is -0.337 e. The summed E-state index contributed by atoms with van der Waals surface area (Å²) < 4.78 is 2.27. The van der Waals surface area contributed by atoms with E-state index in [4.69, 9.17) is 29.1 Å². The Labute approximate surface area is 96.5 Å². The molecule has 5 heteroatoms. The van der Waals surface area contributed by atoms with Crippen molar-refractivity contribution in [2.75, 3.05) is 0 Å². The second-order valence-electron chi connectivity index (χ2n) is 2.91. The molecule has 3 nitrogen and oxygen atoms in total. The Hall–Kier alpha value is -1.57. The molecule has 2 rings (SSSR count). The van der Waals surface area contributed by atoms with Crippen LogP contribution < -0.4 is 0 Å². The number of hydrogen-bond donors (Lipinski definition) is 1. The molecule has 0 amide bonds. The average molecular weight is 236 g/mol. The fourth-order valence-electron chi connectivity index (χ4n) is 1.28. The molecule has 1 heterocycles. The maximum Gasteiger partial charge on any atom is 0.181 e. The molecule has 2 aromatic rings. The highest BCUT2D eigenvalue weighted by atomic mass is 35.5. The van der Waals surface area contributed by atoms with Crippen molar-refractivity contribution < 1.29 is 0 Å². The lowest BCUT2D eigenvalue weighted by atomic mass is 10.2. The number of H-pyrrole nitrogens is 1. The molecular formula is C10H6ClN3S. The Kier molecular flexibility index (Phi) is 2.58. The summed E-state index contributed by atoms with van der Waals surface area (Å²) in [4.78, 5) is 2.87. The number of hydrogen-bond acceptors (Lipinski definition) is 2. The van der Waals surface area contributed by atoms with E-state index in [2.05, 4.69) is 11.1 Å². The highest BCUT2D eigenvalue weighted by Crippen LogP contribution is 2.21. The van der Waals surface area contributed by atoms with E-state index in [0.717, 1.165) is 0 Å². The van der Waals surface area contributed by atoms with Crippen LogP contribution in [-0.2, 0) is 0 Å². The van der Waals surface area contributed by atoms with Crippen molar-refractivity contribution in [3.05, 3.63) is 45.9 Å². The molecule has 0 saturated carbocycles. The Bertz CT molecular complexity index is 591. The fourth-order valence-corrected chi connectivity index (χ4v) is 1.71. The van der Waals surface area contributed by atoms with Gasteiger partial charge in [0.2, 0.25) is 0 Å². The number of aromatic amines is 1. The first-order chi connectivity index (χ1) is 7.22. The van der Waals surface area contributed by atoms with Gasteiger partial charge in [-0.25, -0.2) is 0 Å².